The SMILES string of the molecule is O=C(O)C(=O)CC(=O)c1cccc(OCCCCn2c(C(F)(F)F)nc3ccccc32)c1. The summed E-state index contributed by atoms with van der Waals surface area (Å²) in [4.78, 5) is 37.5. The molecule has 10 heteroatoms. The van der Waals surface area contributed by atoms with Gasteiger partial charge in [0.15, 0.2) is 5.78 Å². The Kier molecular flexibility index (Phi) is 6.92. The topological polar surface area (TPSA) is 98.5 Å². The number of nitrogens with zero attached hydrogens (tertiary/aromatic N) is 2. The van der Waals surface area contributed by atoms with Crippen LogP contribution in [0.5, 0.6) is 5.75 Å². The van der Waals surface area contributed by atoms with Crippen molar-refractivity contribution in [2.45, 2.75) is 32.0 Å². The van der Waals surface area contributed by atoms with Gasteiger partial charge >= 0.3 is 12.1 Å². The molecule has 1 aromatic heterocycles. The van der Waals surface area contributed by atoms with Gasteiger partial charge in [0, 0.05) is 12.1 Å². The van der Waals surface area contributed by atoms with Crippen molar-refractivity contribution in [1.82, 2.24) is 9.55 Å². The average molecular weight is 448 g/mol. The van der Waals surface area contributed by atoms with Crippen molar-refractivity contribution in [2.24, 2.45) is 0 Å². The van der Waals surface area contributed by atoms with Crippen molar-refractivity contribution in [3.63, 3.8) is 0 Å². The van der Waals surface area contributed by atoms with Crippen molar-refractivity contribution < 1.29 is 37.4 Å². The number of aromatic nitrogens is 2. The van der Waals surface area contributed by atoms with Crippen molar-refractivity contribution in [2.75, 3.05) is 6.61 Å². The van der Waals surface area contributed by atoms with Crippen molar-refractivity contribution in [3.8, 4) is 5.75 Å². The Balaban J connectivity index is 1.56. The lowest BCUT2D eigenvalue weighted by Crippen LogP contribution is -2.17. The summed E-state index contributed by atoms with van der Waals surface area (Å²) in [5.41, 5.74) is 0.818. The molecule has 7 nitrogen and oxygen atoms in total. The second-order valence-corrected chi connectivity index (χ2v) is 6.99. The number of carbonyl (C=O) groups excluding carboxylic acids is 2. The molecule has 2 aromatic carbocycles. The molecule has 0 radical (unpaired) electrons. The number of ketones is 2. The van der Waals surface area contributed by atoms with Crippen LogP contribution in [0.2, 0.25) is 0 Å². The number of rotatable bonds is 10. The van der Waals surface area contributed by atoms with E-state index in [0.717, 1.165) is 4.57 Å². The zero-order valence-electron chi connectivity index (χ0n) is 16.8. The van der Waals surface area contributed by atoms with Gasteiger partial charge in [-0.15, -0.1) is 0 Å². The largest absolute Gasteiger partial charge is 0.494 e. The second-order valence-electron chi connectivity index (χ2n) is 6.99. The molecule has 0 aliphatic carbocycles. The number of carboxylic acid groups (broad SMARTS) is 1. The van der Waals surface area contributed by atoms with E-state index < -0.39 is 36.0 Å². The number of ether oxygens (including phenoxy) is 1. The Hall–Kier alpha value is -3.69. The molecular weight excluding hydrogens is 429 g/mol. The normalized spacial score (nSPS) is 11.5. The van der Waals surface area contributed by atoms with E-state index in [1.165, 1.54) is 24.3 Å². The summed E-state index contributed by atoms with van der Waals surface area (Å²) in [6, 6.07) is 12.3. The molecule has 0 aliphatic rings. The Morgan fingerprint density at radius 2 is 1.78 bits per heavy atom. The lowest BCUT2D eigenvalue weighted by atomic mass is 10.1. The van der Waals surface area contributed by atoms with Crippen LogP contribution < -0.4 is 4.74 Å². The van der Waals surface area contributed by atoms with E-state index in [1.807, 2.05) is 0 Å². The van der Waals surface area contributed by atoms with Crippen LogP contribution in [0.15, 0.2) is 48.5 Å². The van der Waals surface area contributed by atoms with Gasteiger partial charge in [-0.3, -0.25) is 9.59 Å². The number of imidazole rings is 1. The Bertz CT molecular complexity index is 1150. The molecule has 3 rings (SSSR count). The number of alkyl halides is 3. The Morgan fingerprint density at radius 3 is 2.50 bits per heavy atom. The maximum Gasteiger partial charge on any atom is 0.449 e. The molecule has 0 atom stereocenters. The number of halogens is 3. The molecule has 0 spiro atoms. The highest BCUT2D eigenvalue weighted by atomic mass is 19.4. The van der Waals surface area contributed by atoms with Gasteiger partial charge in [-0.25, -0.2) is 9.78 Å². The predicted octanol–water partition coefficient (Wildman–Crippen LogP) is 4.14. The summed E-state index contributed by atoms with van der Waals surface area (Å²) < 4.78 is 46.7. The third-order valence-electron chi connectivity index (χ3n) is 4.67. The monoisotopic (exact) mass is 448 g/mol. The molecule has 32 heavy (non-hydrogen) atoms. The van der Waals surface area contributed by atoms with Gasteiger partial charge in [-0.05, 0) is 37.1 Å². The van der Waals surface area contributed by atoms with Crippen molar-refractivity contribution in [3.05, 3.63) is 59.9 Å². The van der Waals surface area contributed by atoms with Crippen LogP contribution >= 0.6 is 0 Å². The number of Topliss-reactive ketones (excluding diaryl/α,β-unsaturated/α-hetero) is 2. The summed E-state index contributed by atoms with van der Waals surface area (Å²) in [6.45, 7) is 0.300. The molecule has 0 saturated heterocycles. The highest BCUT2D eigenvalue weighted by molar-refractivity contribution is 6.37. The number of para-hydroxylation sites is 2. The number of carboxylic acids is 1. The second kappa shape index (κ2) is 9.63. The quantitative estimate of drug-likeness (QED) is 0.217. The number of aryl methyl sites for hydroxylation is 1. The van der Waals surface area contributed by atoms with Crippen molar-refractivity contribution in [1.29, 1.82) is 0 Å². The molecule has 0 bridgehead atoms. The van der Waals surface area contributed by atoms with Gasteiger partial charge in [-0.1, -0.05) is 24.3 Å². The highest BCUT2D eigenvalue weighted by Gasteiger charge is 2.37. The van der Waals surface area contributed by atoms with E-state index >= 15 is 0 Å². The van der Waals surface area contributed by atoms with Crippen LogP contribution in [0.1, 0.15) is 35.4 Å². The smallest absolute Gasteiger partial charge is 0.449 e. The summed E-state index contributed by atoms with van der Waals surface area (Å²) in [6.07, 6.45) is -4.47. The minimum atomic E-state index is -4.56. The lowest BCUT2D eigenvalue weighted by molar-refractivity contribution is -0.148. The fourth-order valence-electron chi connectivity index (χ4n) is 3.16. The molecule has 168 valence electrons. The first-order valence-corrected chi connectivity index (χ1v) is 9.71. The average Bonchev–Trinajstić information content (AvgIpc) is 3.13. The van der Waals surface area contributed by atoms with Gasteiger partial charge < -0.3 is 14.4 Å². The number of aliphatic carboxylic acids is 1. The molecule has 0 amide bonds. The van der Waals surface area contributed by atoms with E-state index in [2.05, 4.69) is 4.98 Å². The van der Waals surface area contributed by atoms with Gasteiger partial charge in [0.2, 0.25) is 11.6 Å². The number of fused-ring (bicyclic) bond motifs is 1. The first-order valence-electron chi connectivity index (χ1n) is 9.71. The summed E-state index contributed by atoms with van der Waals surface area (Å²) in [5.74, 6) is -4.13. The standard InChI is InChI=1S/C22H19F3N2O5/c23-22(24,25)21-26-16-8-1-2-9-17(16)27(21)10-3-4-11-32-15-7-5-6-14(12-15)18(28)13-19(29)20(30)31/h1-2,5-9,12H,3-4,10-11,13H2,(H,30,31). The van der Waals surface area contributed by atoms with Crippen LogP contribution in [0.3, 0.4) is 0 Å². The third kappa shape index (κ3) is 5.51. The minimum Gasteiger partial charge on any atom is -0.494 e. The number of hydrogen-bond acceptors (Lipinski definition) is 5. The van der Waals surface area contributed by atoms with E-state index in [4.69, 9.17) is 9.84 Å². The third-order valence-corrected chi connectivity index (χ3v) is 4.67. The first kappa shape index (κ1) is 23.0. The maximum absolute atomic E-state index is 13.3. The molecule has 0 fully saturated rings. The van der Waals surface area contributed by atoms with E-state index in [0.29, 0.717) is 24.1 Å². The van der Waals surface area contributed by atoms with Gasteiger partial charge in [-0.2, -0.15) is 13.2 Å². The van der Waals surface area contributed by atoms with Gasteiger partial charge in [0.1, 0.15) is 5.75 Å². The van der Waals surface area contributed by atoms with Crippen LogP contribution in [0.25, 0.3) is 11.0 Å². The van der Waals surface area contributed by atoms with Crippen molar-refractivity contribution >= 4 is 28.6 Å². The molecule has 0 aliphatic heterocycles. The zero-order chi connectivity index (χ0) is 23.3. The van der Waals surface area contributed by atoms with Gasteiger partial charge in [0.05, 0.1) is 24.1 Å². The molecule has 3 aromatic rings. The van der Waals surface area contributed by atoms with Gasteiger partial charge in [0.25, 0.3) is 0 Å². The molecule has 1 heterocycles. The fourth-order valence-corrected chi connectivity index (χ4v) is 3.16. The van der Waals surface area contributed by atoms with Crippen LogP contribution in [-0.2, 0) is 22.3 Å². The van der Waals surface area contributed by atoms with E-state index in [9.17, 15) is 27.6 Å². The maximum atomic E-state index is 13.3. The first-order chi connectivity index (χ1) is 15.2. The van der Waals surface area contributed by atoms with E-state index in [-0.39, 0.29) is 24.2 Å². The highest BCUT2D eigenvalue weighted by Crippen LogP contribution is 2.31. The molecule has 0 saturated carbocycles. The lowest BCUT2D eigenvalue weighted by Gasteiger charge is -2.12. The molecule has 1 N–H and O–H groups in total. The summed E-state index contributed by atoms with van der Waals surface area (Å²) in [7, 11) is 0. The molecular formula is C22H19F3N2O5. The summed E-state index contributed by atoms with van der Waals surface area (Å²) in [5, 5.41) is 8.59. The molecule has 0 unspecified atom stereocenters. The van der Waals surface area contributed by atoms with E-state index in [1.54, 1.807) is 24.3 Å². The fraction of sp³-hybridized carbons (Fsp3) is 0.273. The Labute approximate surface area is 180 Å². The minimum absolute atomic E-state index is 0.106. The predicted molar refractivity (Wildman–Crippen MR) is 107 cm³/mol. The summed E-state index contributed by atoms with van der Waals surface area (Å²) >= 11 is 0. The van der Waals surface area contributed by atoms with Crippen LogP contribution in [0, 0.1) is 0 Å². The number of carbonyl (C=O) groups is 3. The van der Waals surface area contributed by atoms with Crippen LogP contribution in [-0.4, -0.2) is 38.8 Å². The number of unbranched alkanes of at least 4 members (excludes halogenated alkanes) is 1. The zero-order valence-corrected chi connectivity index (χ0v) is 16.8. The number of hydrogen-bond donors (Lipinski definition) is 1. The Morgan fingerprint density at radius 1 is 1.03 bits per heavy atom. The van der Waals surface area contributed by atoms with Crippen LogP contribution in [0.4, 0.5) is 13.2 Å². The number of benzene rings is 2.